The first-order chi connectivity index (χ1) is 8.95. The summed E-state index contributed by atoms with van der Waals surface area (Å²) < 4.78 is 0. The SMILES string of the molecule is CC(C)N(CC(N)=O)C(=O)Cc1ccccc1CN. The Bertz CT molecular complexity index is 458. The van der Waals surface area contributed by atoms with Crippen LogP contribution in [0.2, 0.25) is 0 Å². The molecular weight excluding hydrogens is 242 g/mol. The van der Waals surface area contributed by atoms with Crippen molar-refractivity contribution in [1.29, 1.82) is 0 Å². The van der Waals surface area contributed by atoms with Gasteiger partial charge in [0.05, 0.1) is 13.0 Å². The molecule has 19 heavy (non-hydrogen) atoms. The highest BCUT2D eigenvalue weighted by Gasteiger charge is 2.19. The van der Waals surface area contributed by atoms with Crippen molar-refractivity contribution in [3.8, 4) is 0 Å². The van der Waals surface area contributed by atoms with Crippen molar-refractivity contribution in [2.45, 2.75) is 32.9 Å². The van der Waals surface area contributed by atoms with Crippen molar-refractivity contribution in [2.75, 3.05) is 6.54 Å². The van der Waals surface area contributed by atoms with Gasteiger partial charge in [-0.25, -0.2) is 0 Å². The monoisotopic (exact) mass is 263 g/mol. The summed E-state index contributed by atoms with van der Waals surface area (Å²) in [4.78, 5) is 24.7. The van der Waals surface area contributed by atoms with E-state index in [4.69, 9.17) is 11.5 Å². The Kier molecular flexibility index (Phi) is 5.51. The van der Waals surface area contributed by atoms with Crippen molar-refractivity contribution in [3.63, 3.8) is 0 Å². The quantitative estimate of drug-likeness (QED) is 0.779. The first kappa shape index (κ1) is 15.2. The van der Waals surface area contributed by atoms with Gasteiger partial charge in [-0.2, -0.15) is 0 Å². The molecule has 4 N–H and O–H groups in total. The van der Waals surface area contributed by atoms with Crippen molar-refractivity contribution in [2.24, 2.45) is 11.5 Å². The fourth-order valence-corrected chi connectivity index (χ4v) is 1.92. The van der Waals surface area contributed by atoms with Gasteiger partial charge in [0.25, 0.3) is 0 Å². The number of nitrogens with zero attached hydrogens (tertiary/aromatic N) is 1. The maximum absolute atomic E-state index is 12.2. The maximum Gasteiger partial charge on any atom is 0.237 e. The lowest BCUT2D eigenvalue weighted by Crippen LogP contribution is -2.43. The zero-order valence-corrected chi connectivity index (χ0v) is 11.4. The van der Waals surface area contributed by atoms with Gasteiger partial charge < -0.3 is 16.4 Å². The minimum absolute atomic E-state index is 0.0543. The molecule has 0 aromatic heterocycles. The number of rotatable bonds is 6. The van der Waals surface area contributed by atoms with Gasteiger partial charge in [-0.05, 0) is 25.0 Å². The average molecular weight is 263 g/mol. The molecule has 2 amide bonds. The molecule has 5 heteroatoms. The van der Waals surface area contributed by atoms with Gasteiger partial charge in [0, 0.05) is 12.6 Å². The zero-order valence-electron chi connectivity index (χ0n) is 11.4. The smallest absolute Gasteiger partial charge is 0.237 e. The summed E-state index contributed by atoms with van der Waals surface area (Å²) in [5, 5.41) is 0. The van der Waals surface area contributed by atoms with Gasteiger partial charge in [0.15, 0.2) is 0 Å². The summed E-state index contributed by atoms with van der Waals surface area (Å²) in [6.07, 6.45) is 0.235. The van der Waals surface area contributed by atoms with Crippen molar-refractivity contribution < 1.29 is 9.59 Å². The van der Waals surface area contributed by atoms with E-state index in [1.807, 2.05) is 38.1 Å². The highest BCUT2D eigenvalue weighted by atomic mass is 16.2. The van der Waals surface area contributed by atoms with E-state index < -0.39 is 5.91 Å². The van der Waals surface area contributed by atoms with Gasteiger partial charge in [-0.15, -0.1) is 0 Å². The Morgan fingerprint density at radius 3 is 2.26 bits per heavy atom. The summed E-state index contributed by atoms with van der Waals surface area (Å²) in [7, 11) is 0. The third kappa shape index (κ3) is 4.37. The summed E-state index contributed by atoms with van der Waals surface area (Å²) in [6.45, 7) is 4.05. The molecule has 0 heterocycles. The molecule has 5 nitrogen and oxygen atoms in total. The highest BCUT2D eigenvalue weighted by Crippen LogP contribution is 2.11. The normalized spacial score (nSPS) is 10.5. The number of hydrogen-bond donors (Lipinski definition) is 2. The van der Waals surface area contributed by atoms with Crippen LogP contribution in [0.5, 0.6) is 0 Å². The van der Waals surface area contributed by atoms with Gasteiger partial charge in [-0.1, -0.05) is 24.3 Å². The lowest BCUT2D eigenvalue weighted by atomic mass is 10.0. The van der Waals surface area contributed by atoms with Crippen LogP contribution in [0, 0.1) is 0 Å². The molecule has 1 aromatic rings. The summed E-state index contributed by atoms with van der Waals surface area (Å²) >= 11 is 0. The van der Waals surface area contributed by atoms with E-state index in [9.17, 15) is 9.59 Å². The third-order valence-corrected chi connectivity index (χ3v) is 2.95. The van der Waals surface area contributed by atoms with Crippen molar-refractivity contribution in [1.82, 2.24) is 4.90 Å². The molecule has 0 saturated heterocycles. The topological polar surface area (TPSA) is 89.4 Å². The second kappa shape index (κ2) is 6.89. The molecule has 0 fully saturated rings. The van der Waals surface area contributed by atoms with Gasteiger partial charge in [0.2, 0.25) is 11.8 Å². The maximum atomic E-state index is 12.2. The minimum atomic E-state index is -0.505. The number of carbonyl (C=O) groups is 2. The van der Waals surface area contributed by atoms with E-state index in [2.05, 4.69) is 0 Å². The lowest BCUT2D eigenvalue weighted by Gasteiger charge is -2.25. The summed E-state index contributed by atoms with van der Waals surface area (Å²) in [5.74, 6) is -0.621. The van der Waals surface area contributed by atoms with Crippen molar-refractivity contribution >= 4 is 11.8 Å². The van der Waals surface area contributed by atoms with Crippen LogP contribution >= 0.6 is 0 Å². The van der Waals surface area contributed by atoms with Crippen LogP contribution in [-0.2, 0) is 22.6 Å². The Balaban J connectivity index is 2.84. The molecule has 0 saturated carbocycles. The molecule has 0 unspecified atom stereocenters. The number of nitrogens with two attached hydrogens (primary N) is 2. The van der Waals surface area contributed by atoms with Gasteiger partial charge in [0.1, 0.15) is 0 Å². The minimum Gasteiger partial charge on any atom is -0.368 e. The number of amides is 2. The Hall–Kier alpha value is -1.88. The molecule has 0 radical (unpaired) electrons. The molecule has 0 spiro atoms. The van der Waals surface area contributed by atoms with E-state index in [1.165, 1.54) is 4.90 Å². The van der Waals surface area contributed by atoms with Gasteiger partial charge in [-0.3, -0.25) is 9.59 Å². The first-order valence-corrected chi connectivity index (χ1v) is 6.30. The fraction of sp³-hybridized carbons (Fsp3) is 0.429. The summed E-state index contributed by atoms with van der Waals surface area (Å²) in [6, 6.07) is 7.47. The molecule has 0 bridgehead atoms. The second-order valence-corrected chi connectivity index (χ2v) is 4.73. The number of benzene rings is 1. The summed E-state index contributed by atoms with van der Waals surface area (Å²) in [5.41, 5.74) is 12.6. The van der Waals surface area contributed by atoms with E-state index in [1.54, 1.807) is 0 Å². The Morgan fingerprint density at radius 2 is 1.79 bits per heavy atom. The largest absolute Gasteiger partial charge is 0.368 e. The van der Waals surface area contributed by atoms with E-state index in [-0.39, 0.29) is 24.9 Å². The third-order valence-electron chi connectivity index (χ3n) is 2.95. The fourth-order valence-electron chi connectivity index (χ4n) is 1.92. The van der Waals surface area contributed by atoms with Gasteiger partial charge >= 0.3 is 0 Å². The van der Waals surface area contributed by atoms with Crippen molar-refractivity contribution in [3.05, 3.63) is 35.4 Å². The predicted octanol–water partition coefficient (Wildman–Crippen LogP) is 0.410. The van der Waals surface area contributed by atoms with Crippen LogP contribution in [-0.4, -0.2) is 29.3 Å². The standard InChI is InChI=1S/C14H21N3O2/c1-10(2)17(9-13(16)18)14(19)7-11-5-3-4-6-12(11)8-15/h3-6,10H,7-9,15H2,1-2H3,(H2,16,18). The number of primary amides is 1. The van der Waals surface area contributed by atoms with E-state index in [0.29, 0.717) is 6.54 Å². The Labute approximate surface area is 113 Å². The van der Waals surface area contributed by atoms with Crippen LogP contribution in [0.4, 0.5) is 0 Å². The van der Waals surface area contributed by atoms with E-state index >= 15 is 0 Å². The van der Waals surface area contributed by atoms with Crippen LogP contribution in [0.15, 0.2) is 24.3 Å². The van der Waals surface area contributed by atoms with Crippen LogP contribution in [0.25, 0.3) is 0 Å². The zero-order chi connectivity index (χ0) is 14.4. The molecule has 0 aliphatic rings. The molecule has 0 aliphatic heterocycles. The molecule has 1 rings (SSSR count). The van der Waals surface area contributed by atoms with E-state index in [0.717, 1.165) is 11.1 Å². The molecule has 0 aliphatic carbocycles. The second-order valence-electron chi connectivity index (χ2n) is 4.73. The van der Waals surface area contributed by atoms with Crippen LogP contribution < -0.4 is 11.5 Å². The predicted molar refractivity (Wildman–Crippen MR) is 74.1 cm³/mol. The molecule has 0 atom stereocenters. The number of hydrogen-bond acceptors (Lipinski definition) is 3. The highest BCUT2D eigenvalue weighted by molar-refractivity contribution is 5.85. The number of carbonyl (C=O) groups excluding carboxylic acids is 2. The lowest BCUT2D eigenvalue weighted by molar-refractivity contribution is -0.136. The first-order valence-electron chi connectivity index (χ1n) is 6.30. The van der Waals surface area contributed by atoms with Crippen LogP contribution in [0.1, 0.15) is 25.0 Å². The average Bonchev–Trinajstić information content (AvgIpc) is 2.36. The molecule has 104 valence electrons. The molecule has 1 aromatic carbocycles. The Morgan fingerprint density at radius 1 is 1.21 bits per heavy atom. The molecular formula is C14H21N3O2. The van der Waals surface area contributed by atoms with Crippen LogP contribution in [0.3, 0.4) is 0 Å².